The fourth-order valence-electron chi connectivity index (χ4n) is 5.10. The van der Waals surface area contributed by atoms with E-state index in [1.165, 1.54) is 44.8 Å². The van der Waals surface area contributed by atoms with Crippen molar-refractivity contribution in [1.82, 2.24) is 0 Å². The number of benzene rings is 3. The fourth-order valence-corrected chi connectivity index (χ4v) is 6.90. The van der Waals surface area contributed by atoms with Crippen LogP contribution in [0.25, 0.3) is 0 Å². The summed E-state index contributed by atoms with van der Waals surface area (Å²) in [7, 11) is 11.6. The van der Waals surface area contributed by atoms with Gasteiger partial charge >= 0.3 is 97.8 Å². The van der Waals surface area contributed by atoms with Gasteiger partial charge in [0.15, 0.2) is 0 Å². The van der Waals surface area contributed by atoms with Gasteiger partial charge in [-0.3, -0.25) is 0 Å². The molecule has 39 heavy (non-hydrogen) atoms. The van der Waals surface area contributed by atoms with Gasteiger partial charge in [0.1, 0.15) is 0 Å². The maximum atomic E-state index is 5.82. The topological polar surface area (TPSA) is 15.7 Å². The van der Waals surface area contributed by atoms with Crippen LogP contribution >= 0.6 is 19.4 Å². The molecule has 0 radical (unpaired) electrons. The van der Waals surface area contributed by atoms with E-state index in [2.05, 4.69) is 82.3 Å². The molecule has 1 fully saturated rings. The van der Waals surface area contributed by atoms with Crippen molar-refractivity contribution in [1.29, 1.82) is 0 Å². The van der Waals surface area contributed by atoms with Crippen LogP contribution in [0.5, 0.6) is 5.75 Å². The second kappa shape index (κ2) is 15.8. The van der Waals surface area contributed by atoms with Crippen molar-refractivity contribution in [2.24, 2.45) is 0 Å². The van der Waals surface area contributed by atoms with Crippen molar-refractivity contribution in [3.05, 3.63) is 94.1 Å². The molecule has 1 heterocycles. The quantitative estimate of drug-likeness (QED) is 0.201. The van der Waals surface area contributed by atoms with Crippen LogP contribution in [0.2, 0.25) is 0 Å². The van der Waals surface area contributed by atoms with Gasteiger partial charge in [0.25, 0.3) is 0 Å². The minimum atomic E-state index is -1.77. The van der Waals surface area contributed by atoms with Gasteiger partial charge in [-0.05, 0) is 63.8 Å². The van der Waals surface area contributed by atoms with E-state index in [1.54, 1.807) is 0 Å². The molecule has 0 saturated carbocycles. The molecular weight excluding hydrogens is 612 g/mol. The standard InChI is InChI=1S/C21H27N2.C10H12O.C2H6.2ClH.Ru/c1-14-9-16(3)20(17(4)10-14)22-7-8-23(13-22)21-18(5)11-15(2)12-19(21)6;1-8(2)11-10-7-5-4-6-9(10)3;1-2;;;/h9-13H,7-8H2,1-6H3;3-8H,1-2H3;1-2H3;2*1H;/q-1;;;;;+2/p-2. The van der Waals surface area contributed by atoms with E-state index in [9.17, 15) is 0 Å². The van der Waals surface area contributed by atoms with Crippen molar-refractivity contribution in [2.45, 2.75) is 75.3 Å². The Morgan fingerprint density at radius 2 is 1.18 bits per heavy atom. The summed E-state index contributed by atoms with van der Waals surface area (Å²) >= 11 is -1.77. The van der Waals surface area contributed by atoms with Crippen molar-refractivity contribution in [3.63, 3.8) is 0 Å². The Labute approximate surface area is 250 Å². The first-order valence-electron chi connectivity index (χ1n) is 13.6. The van der Waals surface area contributed by atoms with E-state index in [4.69, 9.17) is 24.1 Å². The fraction of sp³-hybridized carbons (Fsp3) is 0.394. The first kappa shape index (κ1) is 33.3. The van der Waals surface area contributed by atoms with E-state index in [0.717, 1.165) is 24.4 Å². The zero-order valence-electron chi connectivity index (χ0n) is 25.2. The molecule has 216 valence electrons. The normalized spacial score (nSPS) is 12.9. The Bertz CT molecular complexity index is 1160. The van der Waals surface area contributed by atoms with Crippen LogP contribution in [0, 0.1) is 48.2 Å². The number of hydrogen-bond donors (Lipinski definition) is 0. The third-order valence-electron chi connectivity index (χ3n) is 6.17. The van der Waals surface area contributed by atoms with Crippen LogP contribution in [0.3, 0.4) is 0 Å². The first-order chi connectivity index (χ1) is 18.5. The number of aryl methyl sites for hydroxylation is 6. The van der Waals surface area contributed by atoms with Gasteiger partial charge in [-0.25, -0.2) is 0 Å². The summed E-state index contributed by atoms with van der Waals surface area (Å²) in [6, 6.07) is 16.9. The Kier molecular flexibility index (Phi) is 13.5. The van der Waals surface area contributed by atoms with Crippen LogP contribution in [-0.4, -0.2) is 23.8 Å². The second-order valence-electron chi connectivity index (χ2n) is 10.0. The van der Waals surface area contributed by atoms with Crippen LogP contribution in [-0.2, 0) is 13.5 Å². The number of rotatable bonds is 5. The van der Waals surface area contributed by atoms with E-state index in [1.807, 2.05) is 56.6 Å². The average molecular weight is 658 g/mol. The molecule has 0 aromatic heterocycles. The van der Waals surface area contributed by atoms with Gasteiger partial charge in [-0.2, -0.15) is 6.67 Å². The van der Waals surface area contributed by atoms with Crippen molar-refractivity contribution in [3.8, 4) is 5.75 Å². The van der Waals surface area contributed by atoms with Crippen molar-refractivity contribution >= 4 is 35.4 Å². The molecule has 4 rings (SSSR count). The van der Waals surface area contributed by atoms with Gasteiger partial charge in [-0.15, -0.1) is 0 Å². The molecule has 1 saturated heterocycles. The Hall–Kier alpha value is -1.87. The molecule has 0 bridgehead atoms. The Morgan fingerprint density at radius 3 is 1.56 bits per heavy atom. The summed E-state index contributed by atoms with van der Waals surface area (Å²) in [6.45, 7) is 25.6. The molecule has 1 aliphatic heterocycles. The molecule has 0 amide bonds. The van der Waals surface area contributed by atoms with Gasteiger partial charge in [0.2, 0.25) is 0 Å². The number of nitrogens with zero attached hydrogens (tertiary/aromatic N) is 2. The molecule has 1 aliphatic rings. The van der Waals surface area contributed by atoms with Gasteiger partial charge in [0, 0.05) is 24.5 Å². The Morgan fingerprint density at radius 1 is 0.769 bits per heavy atom. The third-order valence-corrected chi connectivity index (χ3v) is 8.01. The molecular formula is C33H45Cl2N2ORu-. The largest absolute Gasteiger partial charge is 0.502 e. The number of halogens is 2. The minimum absolute atomic E-state index is 0.163. The smallest absolute Gasteiger partial charge is 0.0146 e. The number of anilines is 2. The summed E-state index contributed by atoms with van der Waals surface area (Å²) in [5.74, 6) is 0.850. The minimum Gasteiger partial charge on any atom is -0.502 e. The molecule has 0 N–H and O–H groups in total. The summed E-state index contributed by atoms with van der Waals surface area (Å²) < 4.78 is 7.51. The van der Waals surface area contributed by atoms with Gasteiger partial charge in [-0.1, -0.05) is 49.2 Å². The first-order valence-corrected chi connectivity index (χ1v) is 19.1. The predicted octanol–water partition coefficient (Wildman–Crippen LogP) is 9.56. The van der Waals surface area contributed by atoms with E-state index < -0.39 is 13.5 Å². The van der Waals surface area contributed by atoms with E-state index in [-0.39, 0.29) is 6.10 Å². The maximum absolute atomic E-state index is 5.82. The second-order valence-corrected chi connectivity index (χ2v) is 15.7. The molecule has 6 heteroatoms. The van der Waals surface area contributed by atoms with Crippen LogP contribution in [0.1, 0.15) is 66.6 Å². The van der Waals surface area contributed by atoms with Crippen LogP contribution in [0.4, 0.5) is 11.4 Å². The molecule has 0 aliphatic carbocycles. The summed E-state index contributed by atoms with van der Waals surface area (Å²) in [5.41, 5.74) is 11.8. The number of para-hydroxylation sites is 1. The molecule has 3 aromatic carbocycles. The molecule has 0 atom stereocenters. The average Bonchev–Trinajstić information content (AvgIpc) is 3.29. The molecule has 0 spiro atoms. The Balaban J connectivity index is 0.000000287. The SMILES string of the molecule is CC.CC(C)Oc1ccccc1[CH]=[Ru]([Cl])[Cl].Cc1cc(C)c(N2[CH-]N(c3c(C)cc(C)cc3C)CC2)c(C)c1. The third kappa shape index (κ3) is 9.63. The van der Waals surface area contributed by atoms with Crippen molar-refractivity contribution < 1.29 is 18.3 Å². The van der Waals surface area contributed by atoms with Crippen LogP contribution < -0.4 is 14.5 Å². The predicted molar refractivity (Wildman–Crippen MR) is 171 cm³/mol. The van der Waals surface area contributed by atoms with Gasteiger partial charge in [0.05, 0.1) is 0 Å². The summed E-state index contributed by atoms with van der Waals surface area (Å²) in [6.07, 6.45) is 0.163. The summed E-state index contributed by atoms with van der Waals surface area (Å²) in [5, 5.41) is 0. The van der Waals surface area contributed by atoms with Crippen LogP contribution in [0.15, 0.2) is 48.5 Å². The summed E-state index contributed by atoms with van der Waals surface area (Å²) in [4.78, 5) is 4.81. The zero-order chi connectivity index (χ0) is 29.3. The van der Waals surface area contributed by atoms with E-state index >= 15 is 0 Å². The maximum Gasteiger partial charge on any atom is 0.0146 e. The zero-order valence-corrected chi connectivity index (χ0v) is 28.4. The molecule has 3 aromatic rings. The monoisotopic (exact) mass is 657 g/mol. The van der Waals surface area contributed by atoms with Gasteiger partial charge < -0.3 is 9.80 Å². The molecule has 3 nitrogen and oxygen atoms in total. The van der Waals surface area contributed by atoms with Crippen molar-refractivity contribution in [2.75, 3.05) is 22.9 Å². The number of ether oxygens (including phenoxy) is 1. The number of hydrogen-bond acceptors (Lipinski definition) is 3. The molecule has 0 unspecified atom stereocenters. The van der Waals surface area contributed by atoms with E-state index in [0.29, 0.717) is 0 Å².